The van der Waals surface area contributed by atoms with Crippen molar-refractivity contribution in [1.29, 1.82) is 0 Å². The number of thiocarbonyl (C=S) groups is 1. The maximum atomic E-state index is 13.3. The highest BCUT2D eigenvalue weighted by molar-refractivity contribution is 7.80. The van der Waals surface area contributed by atoms with Crippen LogP contribution in [0.4, 0.5) is 5.69 Å². The van der Waals surface area contributed by atoms with Crippen molar-refractivity contribution in [2.75, 3.05) is 11.5 Å². The van der Waals surface area contributed by atoms with Gasteiger partial charge in [0.2, 0.25) is 0 Å². The van der Waals surface area contributed by atoms with Gasteiger partial charge < -0.3 is 9.30 Å². The number of nitrogens with zero attached hydrogens (tertiary/aromatic N) is 2. The fourth-order valence-corrected chi connectivity index (χ4v) is 3.91. The molecule has 0 atom stereocenters. The molecule has 1 saturated heterocycles. The highest BCUT2D eigenvalue weighted by Crippen LogP contribution is 2.29. The van der Waals surface area contributed by atoms with E-state index in [4.69, 9.17) is 17.0 Å². The zero-order valence-electron chi connectivity index (χ0n) is 16.9. The third kappa shape index (κ3) is 3.27. The number of rotatable bonds is 4. The van der Waals surface area contributed by atoms with E-state index in [0.717, 1.165) is 22.2 Å². The number of amides is 2. The highest BCUT2D eigenvalue weighted by Gasteiger charge is 2.34. The van der Waals surface area contributed by atoms with Crippen molar-refractivity contribution in [2.24, 2.45) is 7.05 Å². The molecule has 6 nitrogen and oxygen atoms in total. The first-order valence-corrected chi connectivity index (χ1v) is 10.0. The quantitative estimate of drug-likeness (QED) is 0.398. The predicted molar refractivity (Wildman–Crippen MR) is 121 cm³/mol. The molecule has 1 fully saturated rings. The van der Waals surface area contributed by atoms with E-state index in [1.807, 2.05) is 49.7 Å². The molecule has 30 heavy (non-hydrogen) atoms. The molecule has 2 amide bonds. The van der Waals surface area contributed by atoms with Gasteiger partial charge in [0.05, 0.1) is 12.3 Å². The van der Waals surface area contributed by atoms with Gasteiger partial charge in [0, 0.05) is 29.2 Å². The Morgan fingerprint density at radius 3 is 2.50 bits per heavy atom. The third-order valence-electron chi connectivity index (χ3n) is 5.24. The van der Waals surface area contributed by atoms with Gasteiger partial charge in [-0.25, -0.2) is 0 Å². The number of hydrogen-bond acceptors (Lipinski definition) is 4. The summed E-state index contributed by atoms with van der Waals surface area (Å²) in [5.41, 5.74) is 3.44. The molecule has 0 radical (unpaired) electrons. The molecule has 4 rings (SSSR count). The number of para-hydroxylation sites is 1. The number of aryl methyl sites for hydroxylation is 1. The molecule has 2 heterocycles. The largest absolute Gasteiger partial charge is 0.494 e. The average molecular weight is 420 g/mol. The van der Waals surface area contributed by atoms with Crippen LogP contribution in [-0.2, 0) is 16.6 Å². The number of hydrogen-bond donors (Lipinski definition) is 1. The van der Waals surface area contributed by atoms with Crippen molar-refractivity contribution in [3.63, 3.8) is 0 Å². The van der Waals surface area contributed by atoms with E-state index in [-0.39, 0.29) is 10.7 Å². The lowest BCUT2D eigenvalue weighted by Crippen LogP contribution is -2.54. The van der Waals surface area contributed by atoms with Crippen molar-refractivity contribution in [1.82, 2.24) is 9.88 Å². The SMILES string of the molecule is CCOc1ccc(N2C(=O)/C(=C\c3c(C)n(C)c4ccccc34)C(=O)NC2=S)cc1. The van der Waals surface area contributed by atoms with Crippen LogP contribution in [0.25, 0.3) is 17.0 Å². The third-order valence-corrected chi connectivity index (χ3v) is 5.53. The average Bonchev–Trinajstić information content (AvgIpc) is 2.97. The molecule has 0 unspecified atom stereocenters. The van der Waals surface area contributed by atoms with Crippen LogP contribution in [0.2, 0.25) is 0 Å². The van der Waals surface area contributed by atoms with Crippen molar-refractivity contribution >= 4 is 51.8 Å². The maximum absolute atomic E-state index is 13.3. The molecule has 1 aliphatic rings. The first kappa shape index (κ1) is 19.8. The molecule has 3 aromatic rings. The summed E-state index contributed by atoms with van der Waals surface area (Å²) in [5, 5.41) is 3.67. The summed E-state index contributed by atoms with van der Waals surface area (Å²) in [6, 6.07) is 14.9. The minimum atomic E-state index is -0.500. The molecular formula is C23H21N3O3S. The van der Waals surface area contributed by atoms with Gasteiger partial charge in [0.1, 0.15) is 11.3 Å². The standard InChI is InChI=1S/C23H21N3O3S/c1-4-29-16-11-9-15(10-12-16)26-22(28)19(21(27)24-23(26)30)13-18-14(2)25(3)20-8-6-5-7-17(18)20/h5-13H,4H2,1-3H3,(H,24,27,30)/b19-13-. The molecule has 0 saturated carbocycles. The van der Waals surface area contributed by atoms with Gasteiger partial charge in [0.25, 0.3) is 11.8 Å². The van der Waals surface area contributed by atoms with Gasteiger partial charge in [0.15, 0.2) is 5.11 Å². The molecule has 7 heteroatoms. The number of anilines is 1. The summed E-state index contributed by atoms with van der Waals surface area (Å²) in [6.07, 6.45) is 1.65. The van der Waals surface area contributed by atoms with Crippen LogP contribution in [0.1, 0.15) is 18.2 Å². The summed E-state index contributed by atoms with van der Waals surface area (Å²) in [7, 11) is 1.96. The van der Waals surface area contributed by atoms with Crippen molar-refractivity contribution in [3.05, 3.63) is 65.4 Å². The van der Waals surface area contributed by atoms with Gasteiger partial charge in [-0.2, -0.15) is 0 Å². The van der Waals surface area contributed by atoms with E-state index in [1.165, 1.54) is 4.90 Å². The second-order valence-electron chi connectivity index (χ2n) is 6.96. The van der Waals surface area contributed by atoms with Gasteiger partial charge in [-0.15, -0.1) is 0 Å². The van der Waals surface area contributed by atoms with E-state index < -0.39 is 11.8 Å². The van der Waals surface area contributed by atoms with Gasteiger partial charge in [-0.05, 0) is 62.5 Å². The highest BCUT2D eigenvalue weighted by atomic mass is 32.1. The monoisotopic (exact) mass is 419 g/mol. The second kappa shape index (κ2) is 7.76. The molecular weight excluding hydrogens is 398 g/mol. The van der Waals surface area contributed by atoms with Crippen LogP contribution in [0.3, 0.4) is 0 Å². The topological polar surface area (TPSA) is 63.6 Å². The Balaban J connectivity index is 1.77. The summed E-state index contributed by atoms with van der Waals surface area (Å²) in [6.45, 7) is 4.42. The Labute approximate surface area is 179 Å². The summed E-state index contributed by atoms with van der Waals surface area (Å²) in [4.78, 5) is 27.3. The molecule has 1 aliphatic heterocycles. The molecule has 0 bridgehead atoms. The fraction of sp³-hybridized carbons (Fsp3) is 0.174. The minimum absolute atomic E-state index is 0.0388. The number of ether oxygens (including phenoxy) is 1. The van der Waals surface area contributed by atoms with E-state index in [2.05, 4.69) is 5.32 Å². The molecule has 1 aromatic heterocycles. The van der Waals surface area contributed by atoms with Crippen LogP contribution >= 0.6 is 12.2 Å². The van der Waals surface area contributed by atoms with Crippen LogP contribution in [0.5, 0.6) is 5.75 Å². The van der Waals surface area contributed by atoms with Gasteiger partial charge in [-0.3, -0.25) is 19.8 Å². The number of benzene rings is 2. The summed E-state index contributed by atoms with van der Waals surface area (Å²) >= 11 is 5.28. The molecule has 152 valence electrons. The Hall–Kier alpha value is -3.45. The minimum Gasteiger partial charge on any atom is -0.494 e. The van der Waals surface area contributed by atoms with Crippen molar-refractivity contribution < 1.29 is 14.3 Å². The van der Waals surface area contributed by atoms with Crippen LogP contribution in [0, 0.1) is 6.92 Å². The number of aromatic nitrogens is 1. The Kier molecular flexibility index (Phi) is 5.13. The number of carbonyl (C=O) groups excluding carboxylic acids is 2. The fourth-order valence-electron chi connectivity index (χ4n) is 3.63. The molecule has 0 spiro atoms. The van der Waals surface area contributed by atoms with Crippen LogP contribution in [0.15, 0.2) is 54.1 Å². The van der Waals surface area contributed by atoms with Crippen molar-refractivity contribution in [2.45, 2.75) is 13.8 Å². The number of carbonyl (C=O) groups is 2. The van der Waals surface area contributed by atoms with Gasteiger partial charge >= 0.3 is 0 Å². The first-order valence-electron chi connectivity index (χ1n) is 9.60. The molecule has 1 N–H and O–H groups in total. The lowest BCUT2D eigenvalue weighted by atomic mass is 10.0. The normalized spacial score (nSPS) is 15.8. The Morgan fingerprint density at radius 2 is 1.80 bits per heavy atom. The van der Waals surface area contributed by atoms with E-state index >= 15 is 0 Å². The smallest absolute Gasteiger partial charge is 0.270 e. The molecule has 0 aliphatic carbocycles. The van der Waals surface area contributed by atoms with E-state index in [0.29, 0.717) is 18.0 Å². The second-order valence-corrected chi connectivity index (χ2v) is 7.35. The van der Waals surface area contributed by atoms with E-state index in [1.54, 1.807) is 30.3 Å². The zero-order valence-corrected chi connectivity index (χ0v) is 17.7. The zero-order chi connectivity index (χ0) is 21.4. The van der Waals surface area contributed by atoms with Gasteiger partial charge in [-0.1, -0.05) is 18.2 Å². The predicted octanol–water partition coefficient (Wildman–Crippen LogP) is 3.72. The number of fused-ring (bicyclic) bond motifs is 1. The van der Waals surface area contributed by atoms with Crippen LogP contribution in [-0.4, -0.2) is 28.1 Å². The maximum Gasteiger partial charge on any atom is 0.270 e. The number of nitrogens with one attached hydrogen (secondary N) is 1. The lowest BCUT2D eigenvalue weighted by molar-refractivity contribution is -0.122. The van der Waals surface area contributed by atoms with Crippen molar-refractivity contribution in [3.8, 4) is 5.75 Å². The Morgan fingerprint density at radius 1 is 1.10 bits per heavy atom. The molecule has 2 aromatic carbocycles. The Bertz CT molecular complexity index is 1210. The van der Waals surface area contributed by atoms with E-state index in [9.17, 15) is 9.59 Å². The van der Waals surface area contributed by atoms with Crippen LogP contribution < -0.4 is 15.0 Å². The first-order chi connectivity index (χ1) is 14.4. The summed E-state index contributed by atoms with van der Waals surface area (Å²) in [5.74, 6) is -0.262. The lowest BCUT2D eigenvalue weighted by Gasteiger charge is -2.29. The summed E-state index contributed by atoms with van der Waals surface area (Å²) < 4.78 is 7.50.